The molecule has 1 aromatic rings. The molecule has 7 heteroatoms. The second-order valence-corrected chi connectivity index (χ2v) is 7.62. The molecular formula is C13H16ClFN2O2S. The van der Waals surface area contributed by atoms with Gasteiger partial charge in [-0.3, -0.25) is 4.90 Å². The molecule has 2 fully saturated rings. The van der Waals surface area contributed by atoms with Crippen molar-refractivity contribution in [3.8, 4) is 0 Å². The minimum absolute atomic E-state index is 0.0651. The van der Waals surface area contributed by atoms with Gasteiger partial charge < -0.3 is 0 Å². The average molecular weight is 319 g/mol. The molecule has 0 aromatic heterocycles. The first kappa shape index (κ1) is 14.3. The topological polar surface area (TPSA) is 40.6 Å². The molecule has 2 saturated heterocycles. The van der Waals surface area contributed by atoms with Gasteiger partial charge in [-0.05, 0) is 37.6 Å². The van der Waals surface area contributed by atoms with Crippen molar-refractivity contribution in [3.05, 3.63) is 29.0 Å². The van der Waals surface area contributed by atoms with Crippen molar-refractivity contribution >= 4 is 21.6 Å². The SMILES string of the molecule is O=S(=O)(c1ccc(F)c(Cl)c1)N1CCN2CCC[C@H]2C1. The number of hydrogen-bond acceptors (Lipinski definition) is 3. The van der Waals surface area contributed by atoms with Gasteiger partial charge in [-0.1, -0.05) is 11.6 Å². The van der Waals surface area contributed by atoms with Crippen LogP contribution in [0.1, 0.15) is 12.8 Å². The van der Waals surface area contributed by atoms with Crippen LogP contribution < -0.4 is 0 Å². The van der Waals surface area contributed by atoms with Gasteiger partial charge in [-0.25, -0.2) is 12.8 Å². The largest absolute Gasteiger partial charge is 0.298 e. The fourth-order valence-corrected chi connectivity index (χ4v) is 4.71. The third kappa shape index (κ3) is 2.45. The molecule has 4 nitrogen and oxygen atoms in total. The van der Waals surface area contributed by atoms with Crippen LogP contribution in [0.4, 0.5) is 4.39 Å². The number of sulfonamides is 1. The van der Waals surface area contributed by atoms with E-state index in [1.54, 1.807) is 0 Å². The average Bonchev–Trinajstić information content (AvgIpc) is 2.89. The predicted octanol–water partition coefficient (Wildman–Crippen LogP) is 1.95. The third-order valence-electron chi connectivity index (χ3n) is 4.08. The number of nitrogens with zero attached hydrogens (tertiary/aromatic N) is 2. The minimum Gasteiger partial charge on any atom is -0.298 e. The summed E-state index contributed by atoms with van der Waals surface area (Å²) in [5, 5.41) is -0.162. The number of fused-ring (bicyclic) bond motifs is 1. The Morgan fingerprint density at radius 1 is 1.25 bits per heavy atom. The molecule has 0 aliphatic carbocycles. The first-order chi connectivity index (χ1) is 9.48. The highest BCUT2D eigenvalue weighted by atomic mass is 35.5. The Morgan fingerprint density at radius 3 is 2.80 bits per heavy atom. The maximum atomic E-state index is 13.2. The maximum Gasteiger partial charge on any atom is 0.243 e. The van der Waals surface area contributed by atoms with E-state index in [1.165, 1.54) is 16.4 Å². The first-order valence-corrected chi connectivity index (χ1v) is 8.49. The Bertz CT molecular complexity index is 623. The molecule has 1 aromatic carbocycles. The van der Waals surface area contributed by atoms with Crippen molar-refractivity contribution in [2.75, 3.05) is 26.2 Å². The standard InChI is InChI=1S/C13H16ClFN2O2S/c14-12-8-11(3-4-13(12)15)20(18,19)17-7-6-16-5-1-2-10(16)9-17/h3-4,8,10H,1-2,5-7,9H2/t10-/m0/s1. The number of hydrogen-bond donors (Lipinski definition) is 0. The Hall–Kier alpha value is -0.690. The van der Waals surface area contributed by atoms with Gasteiger partial charge in [0.05, 0.1) is 9.92 Å². The van der Waals surface area contributed by atoms with Crippen LogP contribution >= 0.6 is 11.6 Å². The summed E-state index contributed by atoms with van der Waals surface area (Å²) >= 11 is 5.68. The molecular weight excluding hydrogens is 303 g/mol. The maximum absolute atomic E-state index is 13.2. The minimum atomic E-state index is -3.58. The van der Waals surface area contributed by atoms with Crippen LogP contribution in [0.5, 0.6) is 0 Å². The van der Waals surface area contributed by atoms with Gasteiger partial charge in [0, 0.05) is 25.7 Å². The number of benzene rings is 1. The quantitative estimate of drug-likeness (QED) is 0.837. The summed E-state index contributed by atoms with van der Waals surface area (Å²) in [5.41, 5.74) is 0. The molecule has 2 aliphatic rings. The molecule has 0 saturated carbocycles. The van der Waals surface area contributed by atoms with E-state index in [0.717, 1.165) is 32.0 Å². The molecule has 1 atom stereocenters. The second kappa shape index (κ2) is 5.26. The van der Waals surface area contributed by atoms with Crippen LogP contribution in [0.25, 0.3) is 0 Å². The van der Waals surface area contributed by atoms with Crippen molar-refractivity contribution in [1.82, 2.24) is 9.21 Å². The van der Waals surface area contributed by atoms with Gasteiger partial charge in [0.15, 0.2) is 0 Å². The second-order valence-electron chi connectivity index (χ2n) is 5.27. The molecule has 110 valence electrons. The molecule has 20 heavy (non-hydrogen) atoms. The zero-order chi connectivity index (χ0) is 14.3. The van der Waals surface area contributed by atoms with E-state index >= 15 is 0 Å². The van der Waals surface area contributed by atoms with Gasteiger partial charge in [0.1, 0.15) is 5.82 Å². The number of halogens is 2. The summed E-state index contributed by atoms with van der Waals surface area (Å²) in [6.07, 6.45) is 2.16. The molecule has 0 N–H and O–H groups in total. The number of rotatable bonds is 2. The van der Waals surface area contributed by atoms with E-state index < -0.39 is 15.8 Å². The zero-order valence-electron chi connectivity index (χ0n) is 10.9. The highest BCUT2D eigenvalue weighted by Crippen LogP contribution is 2.27. The fraction of sp³-hybridized carbons (Fsp3) is 0.538. The van der Waals surface area contributed by atoms with E-state index in [0.29, 0.717) is 19.1 Å². The normalized spacial score (nSPS) is 24.8. The van der Waals surface area contributed by atoms with Gasteiger partial charge >= 0.3 is 0 Å². The third-order valence-corrected chi connectivity index (χ3v) is 6.23. The summed E-state index contributed by atoms with van der Waals surface area (Å²) in [6, 6.07) is 3.88. The Morgan fingerprint density at radius 2 is 2.05 bits per heavy atom. The summed E-state index contributed by atoms with van der Waals surface area (Å²) in [7, 11) is -3.58. The lowest BCUT2D eigenvalue weighted by molar-refractivity contribution is 0.158. The number of piperazine rings is 1. The Kier molecular flexibility index (Phi) is 3.75. The van der Waals surface area contributed by atoms with E-state index in [-0.39, 0.29) is 9.92 Å². The van der Waals surface area contributed by atoms with Crippen LogP contribution in [-0.4, -0.2) is 49.8 Å². The lowest BCUT2D eigenvalue weighted by Crippen LogP contribution is -2.51. The Balaban J connectivity index is 1.86. The first-order valence-electron chi connectivity index (χ1n) is 6.68. The van der Waals surface area contributed by atoms with Crippen LogP contribution in [-0.2, 0) is 10.0 Å². The summed E-state index contributed by atoms with van der Waals surface area (Å²) in [5.74, 6) is -0.605. The lowest BCUT2D eigenvalue weighted by Gasteiger charge is -2.36. The molecule has 2 heterocycles. The van der Waals surface area contributed by atoms with Gasteiger partial charge in [0.25, 0.3) is 0 Å². The van der Waals surface area contributed by atoms with E-state index in [2.05, 4.69) is 4.90 Å². The van der Waals surface area contributed by atoms with Crippen LogP contribution in [0.3, 0.4) is 0 Å². The summed E-state index contributed by atoms with van der Waals surface area (Å²) in [4.78, 5) is 2.40. The molecule has 0 spiro atoms. The zero-order valence-corrected chi connectivity index (χ0v) is 12.5. The van der Waals surface area contributed by atoms with E-state index in [1.807, 2.05) is 0 Å². The summed E-state index contributed by atoms with van der Waals surface area (Å²) in [6.45, 7) is 2.81. The fourth-order valence-electron chi connectivity index (χ4n) is 2.97. The van der Waals surface area contributed by atoms with Crippen LogP contribution in [0.15, 0.2) is 23.1 Å². The molecule has 3 rings (SSSR count). The molecule has 0 amide bonds. The van der Waals surface area contributed by atoms with Crippen molar-refractivity contribution in [2.45, 2.75) is 23.8 Å². The smallest absolute Gasteiger partial charge is 0.243 e. The molecule has 0 bridgehead atoms. The predicted molar refractivity (Wildman–Crippen MR) is 74.8 cm³/mol. The van der Waals surface area contributed by atoms with Crippen LogP contribution in [0, 0.1) is 5.82 Å². The van der Waals surface area contributed by atoms with Crippen molar-refractivity contribution in [3.63, 3.8) is 0 Å². The highest BCUT2D eigenvalue weighted by Gasteiger charge is 2.36. The highest BCUT2D eigenvalue weighted by molar-refractivity contribution is 7.89. The van der Waals surface area contributed by atoms with Gasteiger partial charge in [-0.2, -0.15) is 4.31 Å². The monoisotopic (exact) mass is 318 g/mol. The van der Waals surface area contributed by atoms with Gasteiger partial charge in [-0.15, -0.1) is 0 Å². The van der Waals surface area contributed by atoms with Crippen molar-refractivity contribution in [2.24, 2.45) is 0 Å². The van der Waals surface area contributed by atoms with Crippen LogP contribution in [0.2, 0.25) is 5.02 Å². The summed E-state index contributed by atoms with van der Waals surface area (Å²) < 4.78 is 39.8. The van der Waals surface area contributed by atoms with E-state index in [4.69, 9.17) is 11.6 Å². The lowest BCUT2D eigenvalue weighted by atomic mass is 10.2. The van der Waals surface area contributed by atoms with Crippen molar-refractivity contribution < 1.29 is 12.8 Å². The molecule has 2 aliphatic heterocycles. The molecule has 0 unspecified atom stereocenters. The van der Waals surface area contributed by atoms with Crippen molar-refractivity contribution in [1.29, 1.82) is 0 Å². The molecule has 0 radical (unpaired) electrons. The Labute approximate surface area is 123 Å². The van der Waals surface area contributed by atoms with E-state index in [9.17, 15) is 12.8 Å². The van der Waals surface area contributed by atoms with Gasteiger partial charge in [0.2, 0.25) is 10.0 Å².